The molecule has 2 atom stereocenters. The predicted octanol–water partition coefficient (Wildman–Crippen LogP) is -0.427. The Morgan fingerprint density at radius 1 is 1.62 bits per heavy atom. The van der Waals surface area contributed by atoms with Crippen LogP contribution >= 0.6 is 0 Å². The van der Waals surface area contributed by atoms with Gasteiger partial charge in [-0.2, -0.15) is 0 Å². The van der Waals surface area contributed by atoms with Gasteiger partial charge in [-0.05, 0) is 6.92 Å². The van der Waals surface area contributed by atoms with Crippen molar-refractivity contribution in [1.82, 2.24) is 5.32 Å². The minimum atomic E-state index is -0.892. The smallest absolute Gasteiger partial charge is 0.415 e. The van der Waals surface area contributed by atoms with Gasteiger partial charge in [0.05, 0.1) is 0 Å². The van der Waals surface area contributed by atoms with Gasteiger partial charge in [-0.25, -0.2) is 9.59 Å². The minimum absolute atomic E-state index is 0.513. The first-order valence-corrected chi connectivity index (χ1v) is 3.70. The van der Waals surface area contributed by atoms with Crippen LogP contribution in [0.1, 0.15) is 13.8 Å². The van der Waals surface area contributed by atoms with Crippen molar-refractivity contribution in [3.8, 4) is 0 Å². The molecule has 72 valence electrons. The maximum Gasteiger partial charge on any atom is 0.415 e. The molecule has 6 heteroatoms. The molecule has 0 bridgehead atoms. The van der Waals surface area contributed by atoms with Gasteiger partial charge < -0.3 is 14.8 Å². The Labute approximate surface area is 74.2 Å². The zero-order chi connectivity index (χ0) is 10.0. The highest BCUT2D eigenvalue weighted by Gasteiger charge is 2.38. The van der Waals surface area contributed by atoms with Crippen LogP contribution < -0.4 is 5.32 Å². The van der Waals surface area contributed by atoms with Crippen molar-refractivity contribution in [1.29, 1.82) is 0 Å². The highest BCUT2D eigenvalue weighted by atomic mass is 16.6. The SMILES string of the molecule is CC(=O)O[C@H](C)[C@@H]1NC(=O)OC1=O. The summed E-state index contributed by atoms with van der Waals surface area (Å²) in [6.07, 6.45) is -1.52. The molecular weight excluding hydrogens is 178 g/mol. The molecule has 13 heavy (non-hydrogen) atoms. The molecule has 1 heterocycles. The lowest BCUT2D eigenvalue weighted by molar-refractivity contribution is -0.149. The Morgan fingerprint density at radius 3 is 2.62 bits per heavy atom. The van der Waals surface area contributed by atoms with E-state index in [9.17, 15) is 14.4 Å². The van der Waals surface area contributed by atoms with Gasteiger partial charge in [0.2, 0.25) is 0 Å². The van der Waals surface area contributed by atoms with E-state index in [0.717, 1.165) is 0 Å². The summed E-state index contributed by atoms with van der Waals surface area (Å²) in [6.45, 7) is 2.72. The second kappa shape index (κ2) is 3.42. The second-order valence-corrected chi connectivity index (χ2v) is 2.65. The Balaban J connectivity index is 2.56. The third kappa shape index (κ3) is 2.17. The Hall–Kier alpha value is -1.59. The van der Waals surface area contributed by atoms with Crippen LogP contribution in [0, 0.1) is 0 Å². The number of ether oxygens (including phenoxy) is 2. The molecule has 0 radical (unpaired) electrons. The fourth-order valence-corrected chi connectivity index (χ4v) is 1.01. The monoisotopic (exact) mass is 187 g/mol. The standard InChI is InChI=1S/C7H9NO5/c1-3(12-4(2)9)5-6(10)13-7(11)8-5/h3,5H,1-2H3,(H,8,11)/t3-,5+/m1/s1. The molecule has 0 aromatic rings. The summed E-state index contributed by atoms with van der Waals surface area (Å²) in [6, 6.07) is -0.892. The van der Waals surface area contributed by atoms with Crippen molar-refractivity contribution in [2.75, 3.05) is 0 Å². The van der Waals surface area contributed by atoms with E-state index >= 15 is 0 Å². The van der Waals surface area contributed by atoms with Crippen molar-refractivity contribution in [3.05, 3.63) is 0 Å². The molecule has 0 aromatic carbocycles. The van der Waals surface area contributed by atoms with Crippen LogP contribution in [-0.4, -0.2) is 30.2 Å². The molecule has 1 N–H and O–H groups in total. The number of amides is 1. The number of rotatable bonds is 2. The fraction of sp³-hybridized carbons (Fsp3) is 0.571. The van der Waals surface area contributed by atoms with Crippen LogP contribution in [0.4, 0.5) is 4.79 Å². The largest absolute Gasteiger partial charge is 0.460 e. The maximum absolute atomic E-state index is 10.9. The Kier molecular flexibility index (Phi) is 2.50. The summed E-state index contributed by atoms with van der Waals surface area (Å²) in [5.74, 6) is -1.24. The van der Waals surface area contributed by atoms with Gasteiger partial charge >= 0.3 is 18.0 Å². The minimum Gasteiger partial charge on any atom is -0.460 e. The average Bonchev–Trinajstić information content (AvgIpc) is 2.28. The molecule has 0 aromatic heterocycles. The zero-order valence-electron chi connectivity index (χ0n) is 7.20. The van der Waals surface area contributed by atoms with Gasteiger partial charge in [-0.15, -0.1) is 0 Å². The molecule has 1 aliphatic heterocycles. The molecule has 6 nitrogen and oxygen atoms in total. The first kappa shape index (κ1) is 9.50. The lowest BCUT2D eigenvalue weighted by atomic mass is 10.2. The zero-order valence-corrected chi connectivity index (χ0v) is 7.20. The van der Waals surface area contributed by atoms with Gasteiger partial charge in [-0.1, -0.05) is 0 Å². The van der Waals surface area contributed by atoms with Gasteiger partial charge in [-0.3, -0.25) is 4.79 Å². The number of hydrogen-bond acceptors (Lipinski definition) is 5. The van der Waals surface area contributed by atoms with Crippen molar-refractivity contribution >= 4 is 18.0 Å². The molecular formula is C7H9NO5. The number of carbonyl (C=O) groups is 3. The van der Waals surface area contributed by atoms with E-state index in [1.807, 2.05) is 0 Å². The van der Waals surface area contributed by atoms with Crippen molar-refractivity contribution in [3.63, 3.8) is 0 Å². The highest BCUT2D eigenvalue weighted by molar-refractivity contribution is 5.95. The molecule has 1 rings (SSSR count). The van der Waals surface area contributed by atoms with E-state index < -0.39 is 30.2 Å². The molecule has 0 aliphatic carbocycles. The molecule has 0 spiro atoms. The summed E-state index contributed by atoms with van der Waals surface area (Å²) in [4.78, 5) is 32.0. The summed E-state index contributed by atoms with van der Waals surface area (Å²) in [5, 5.41) is 2.22. The third-order valence-electron chi connectivity index (χ3n) is 1.54. The predicted molar refractivity (Wildman–Crippen MR) is 39.6 cm³/mol. The van der Waals surface area contributed by atoms with E-state index in [1.165, 1.54) is 13.8 Å². The van der Waals surface area contributed by atoms with Gasteiger partial charge in [0, 0.05) is 6.92 Å². The number of hydrogen-bond donors (Lipinski definition) is 1. The van der Waals surface area contributed by atoms with E-state index in [2.05, 4.69) is 10.1 Å². The summed E-state index contributed by atoms with van der Waals surface area (Å²) in [5.41, 5.74) is 0. The van der Waals surface area contributed by atoms with E-state index in [0.29, 0.717) is 0 Å². The van der Waals surface area contributed by atoms with Crippen LogP contribution in [0.25, 0.3) is 0 Å². The van der Waals surface area contributed by atoms with E-state index in [4.69, 9.17) is 4.74 Å². The molecule has 1 aliphatic rings. The van der Waals surface area contributed by atoms with E-state index in [1.54, 1.807) is 0 Å². The van der Waals surface area contributed by atoms with Crippen LogP contribution in [0.2, 0.25) is 0 Å². The van der Waals surface area contributed by atoms with Crippen molar-refractivity contribution < 1.29 is 23.9 Å². The number of esters is 2. The normalized spacial score (nSPS) is 23.4. The summed E-state index contributed by atoms with van der Waals surface area (Å²) < 4.78 is 8.89. The molecule has 1 amide bonds. The quantitative estimate of drug-likeness (QED) is 0.468. The second-order valence-electron chi connectivity index (χ2n) is 2.65. The van der Waals surface area contributed by atoms with Crippen molar-refractivity contribution in [2.24, 2.45) is 0 Å². The van der Waals surface area contributed by atoms with Gasteiger partial charge in [0.1, 0.15) is 6.10 Å². The number of nitrogens with one attached hydrogen (secondary N) is 1. The van der Waals surface area contributed by atoms with Crippen LogP contribution in [-0.2, 0) is 19.1 Å². The van der Waals surface area contributed by atoms with E-state index in [-0.39, 0.29) is 0 Å². The Bertz CT molecular complexity index is 262. The first-order chi connectivity index (χ1) is 6.00. The van der Waals surface area contributed by atoms with Crippen LogP contribution in [0.5, 0.6) is 0 Å². The van der Waals surface area contributed by atoms with Gasteiger partial charge in [0.25, 0.3) is 0 Å². The maximum atomic E-state index is 10.9. The van der Waals surface area contributed by atoms with Crippen molar-refractivity contribution in [2.45, 2.75) is 26.0 Å². The average molecular weight is 187 g/mol. The van der Waals surface area contributed by atoms with Gasteiger partial charge in [0.15, 0.2) is 6.04 Å². The number of carbonyl (C=O) groups excluding carboxylic acids is 3. The summed E-state index contributed by atoms with van der Waals surface area (Å²) >= 11 is 0. The molecule has 1 saturated heterocycles. The summed E-state index contributed by atoms with van der Waals surface area (Å²) in [7, 11) is 0. The number of cyclic esters (lactones) is 2. The Morgan fingerprint density at radius 2 is 2.23 bits per heavy atom. The van der Waals surface area contributed by atoms with Crippen LogP contribution in [0.15, 0.2) is 0 Å². The third-order valence-corrected chi connectivity index (χ3v) is 1.54. The first-order valence-electron chi connectivity index (χ1n) is 3.70. The molecule has 0 unspecified atom stereocenters. The molecule has 1 fully saturated rings. The van der Waals surface area contributed by atoms with Crippen LogP contribution in [0.3, 0.4) is 0 Å². The lowest BCUT2D eigenvalue weighted by Crippen LogP contribution is -2.41. The topological polar surface area (TPSA) is 81.7 Å². The molecule has 0 saturated carbocycles. The fourth-order valence-electron chi connectivity index (χ4n) is 1.01. The number of alkyl carbamates (subject to hydrolysis) is 1. The lowest BCUT2D eigenvalue weighted by Gasteiger charge is -2.14. The highest BCUT2D eigenvalue weighted by Crippen LogP contribution is 2.07.